The Kier molecular flexibility index (Phi) is 7.02. The molecule has 2 heterocycles. The highest BCUT2D eigenvalue weighted by Gasteiger charge is 2.27. The van der Waals surface area contributed by atoms with Gasteiger partial charge in [0.15, 0.2) is 6.10 Å². The number of aromatic nitrogens is 1. The molecule has 3 N–H and O–H groups in total. The summed E-state index contributed by atoms with van der Waals surface area (Å²) in [5.41, 5.74) is 6.10. The van der Waals surface area contributed by atoms with Crippen LogP contribution in [-0.4, -0.2) is 42.2 Å². The van der Waals surface area contributed by atoms with Crippen molar-refractivity contribution in [1.29, 1.82) is 10.5 Å². The minimum absolute atomic E-state index is 0.0844. The van der Waals surface area contributed by atoms with Gasteiger partial charge in [0.1, 0.15) is 23.1 Å². The van der Waals surface area contributed by atoms with Gasteiger partial charge in [0, 0.05) is 19.1 Å². The maximum absolute atomic E-state index is 12.0. The van der Waals surface area contributed by atoms with Gasteiger partial charge in [-0.25, -0.2) is 9.78 Å². The van der Waals surface area contributed by atoms with E-state index >= 15 is 0 Å². The standard InChI is InChI=1S/C18H21ClN6O3/c1-3-12-13(8-20)15(19)24-16(14(12)9-21)25-6-4-11(5-7-25)23-17(26)10(2)28-18(22)27/h10-11H,3-7H2,1-2H3,(H2,22,27)(H,23,26)/t10-/m0/s1. The van der Waals surface area contributed by atoms with Gasteiger partial charge < -0.3 is 20.7 Å². The number of nitrogens with two attached hydrogens (primary N) is 1. The molecule has 148 valence electrons. The molecular weight excluding hydrogens is 384 g/mol. The molecule has 1 fully saturated rings. The van der Waals surface area contributed by atoms with E-state index in [1.807, 2.05) is 17.9 Å². The van der Waals surface area contributed by atoms with Crippen molar-refractivity contribution in [3.63, 3.8) is 0 Å². The maximum atomic E-state index is 12.0. The molecule has 2 amide bonds. The summed E-state index contributed by atoms with van der Waals surface area (Å²) in [4.78, 5) is 29.0. The summed E-state index contributed by atoms with van der Waals surface area (Å²) in [6.45, 7) is 4.39. The normalized spacial score (nSPS) is 15.2. The molecule has 2 rings (SSSR count). The number of primary amides is 1. The lowest BCUT2D eigenvalue weighted by atomic mass is 10.00. The highest BCUT2D eigenvalue weighted by molar-refractivity contribution is 6.30. The number of pyridine rings is 1. The molecule has 10 heteroatoms. The van der Waals surface area contributed by atoms with E-state index in [0.717, 1.165) is 0 Å². The van der Waals surface area contributed by atoms with Crippen molar-refractivity contribution >= 4 is 29.4 Å². The van der Waals surface area contributed by atoms with E-state index in [2.05, 4.69) is 21.1 Å². The lowest BCUT2D eigenvalue weighted by Crippen LogP contribution is -2.48. The third-order valence-electron chi connectivity index (χ3n) is 4.62. The summed E-state index contributed by atoms with van der Waals surface area (Å²) in [5.74, 6) is 0.0429. The average molecular weight is 405 g/mol. The zero-order valence-electron chi connectivity index (χ0n) is 15.7. The summed E-state index contributed by atoms with van der Waals surface area (Å²) in [6.07, 6.45) is -0.254. The molecule has 0 bridgehead atoms. The van der Waals surface area contributed by atoms with Gasteiger partial charge in [0.25, 0.3) is 5.91 Å². The lowest BCUT2D eigenvalue weighted by Gasteiger charge is -2.34. The number of amides is 2. The summed E-state index contributed by atoms with van der Waals surface area (Å²) in [6, 6.07) is 4.06. The van der Waals surface area contributed by atoms with E-state index < -0.39 is 18.1 Å². The number of ether oxygens (including phenoxy) is 1. The lowest BCUT2D eigenvalue weighted by molar-refractivity contribution is -0.129. The Hall–Kier alpha value is -3.04. The zero-order chi connectivity index (χ0) is 20.8. The predicted molar refractivity (Wildman–Crippen MR) is 102 cm³/mol. The second kappa shape index (κ2) is 9.25. The van der Waals surface area contributed by atoms with E-state index in [-0.39, 0.29) is 16.8 Å². The number of hydrogen-bond acceptors (Lipinski definition) is 7. The van der Waals surface area contributed by atoms with Crippen molar-refractivity contribution < 1.29 is 14.3 Å². The topological polar surface area (TPSA) is 145 Å². The van der Waals surface area contributed by atoms with E-state index in [9.17, 15) is 20.1 Å². The Labute approximate surface area is 168 Å². The third-order valence-corrected chi connectivity index (χ3v) is 4.89. The molecule has 0 spiro atoms. The average Bonchev–Trinajstić information content (AvgIpc) is 2.67. The van der Waals surface area contributed by atoms with Crippen molar-refractivity contribution in [2.75, 3.05) is 18.0 Å². The van der Waals surface area contributed by atoms with Crippen LogP contribution in [0.1, 0.15) is 43.4 Å². The number of carbonyl (C=O) groups is 2. The van der Waals surface area contributed by atoms with Crippen molar-refractivity contribution in [3.8, 4) is 12.1 Å². The molecule has 1 atom stereocenters. The van der Waals surface area contributed by atoms with E-state index in [1.54, 1.807) is 0 Å². The monoisotopic (exact) mass is 404 g/mol. The quantitative estimate of drug-likeness (QED) is 0.708. The molecule has 0 unspecified atom stereocenters. The fourth-order valence-corrected chi connectivity index (χ4v) is 3.42. The summed E-state index contributed by atoms with van der Waals surface area (Å²) < 4.78 is 4.66. The number of rotatable bonds is 5. The van der Waals surface area contributed by atoms with Crippen LogP contribution in [0.2, 0.25) is 5.15 Å². The van der Waals surface area contributed by atoms with Crippen molar-refractivity contribution in [2.24, 2.45) is 5.73 Å². The third kappa shape index (κ3) is 4.62. The van der Waals surface area contributed by atoms with Crippen LogP contribution in [-0.2, 0) is 16.0 Å². The van der Waals surface area contributed by atoms with Gasteiger partial charge in [-0.05, 0) is 31.7 Å². The Bertz CT molecular complexity index is 852. The molecule has 0 radical (unpaired) electrons. The maximum Gasteiger partial charge on any atom is 0.405 e. The minimum atomic E-state index is -1.00. The number of carbonyl (C=O) groups excluding carboxylic acids is 2. The van der Waals surface area contributed by atoms with Gasteiger partial charge in [-0.15, -0.1) is 0 Å². The highest BCUT2D eigenvalue weighted by Crippen LogP contribution is 2.30. The molecule has 1 aliphatic rings. The van der Waals surface area contributed by atoms with Gasteiger partial charge in [-0.1, -0.05) is 18.5 Å². The number of nitrogens with zero attached hydrogens (tertiary/aromatic N) is 4. The Morgan fingerprint density at radius 1 is 1.36 bits per heavy atom. The smallest absolute Gasteiger partial charge is 0.405 e. The van der Waals surface area contributed by atoms with E-state index in [4.69, 9.17) is 17.3 Å². The van der Waals surface area contributed by atoms with Crippen LogP contribution in [0.4, 0.5) is 10.6 Å². The first-order valence-corrected chi connectivity index (χ1v) is 9.24. The fraction of sp³-hybridized carbons (Fsp3) is 0.500. The van der Waals surface area contributed by atoms with Gasteiger partial charge in [0.2, 0.25) is 0 Å². The van der Waals surface area contributed by atoms with Crippen molar-refractivity contribution in [3.05, 3.63) is 21.8 Å². The van der Waals surface area contributed by atoms with Gasteiger partial charge in [0.05, 0.1) is 11.1 Å². The van der Waals surface area contributed by atoms with Crippen molar-refractivity contribution in [1.82, 2.24) is 10.3 Å². The summed E-state index contributed by atoms with van der Waals surface area (Å²) in [5, 5.41) is 21.8. The predicted octanol–water partition coefficient (Wildman–Crippen LogP) is 1.61. The molecule has 9 nitrogen and oxygen atoms in total. The number of halogens is 1. The van der Waals surface area contributed by atoms with E-state index in [1.165, 1.54) is 6.92 Å². The Balaban J connectivity index is 2.11. The van der Waals surface area contributed by atoms with Gasteiger partial charge in [-0.3, -0.25) is 4.79 Å². The first-order valence-electron chi connectivity index (χ1n) is 8.86. The van der Waals surface area contributed by atoms with Crippen molar-refractivity contribution in [2.45, 2.75) is 45.3 Å². The van der Waals surface area contributed by atoms with Crippen LogP contribution in [0, 0.1) is 22.7 Å². The largest absolute Gasteiger partial charge is 0.437 e. The first kappa shape index (κ1) is 21.3. The second-order valence-electron chi connectivity index (χ2n) is 6.38. The molecule has 0 aromatic carbocycles. The number of hydrogen-bond donors (Lipinski definition) is 2. The molecule has 1 aliphatic heterocycles. The molecule has 1 aromatic heterocycles. The second-order valence-corrected chi connectivity index (χ2v) is 6.74. The van der Waals surface area contributed by atoms with Crippen LogP contribution in [0.25, 0.3) is 0 Å². The number of anilines is 1. The fourth-order valence-electron chi connectivity index (χ4n) is 3.18. The van der Waals surface area contributed by atoms with Gasteiger partial charge >= 0.3 is 6.09 Å². The SMILES string of the molecule is CCc1c(C#N)c(Cl)nc(N2CCC(NC(=O)[C@H](C)OC(N)=O)CC2)c1C#N. The first-order chi connectivity index (χ1) is 13.3. The highest BCUT2D eigenvalue weighted by atomic mass is 35.5. The molecule has 28 heavy (non-hydrogen) atoms. The van der Waals surface area contributed by atoms with Crippen LogP contribution in [0.5, 0.6) is 0 Å². The Morgan fingerprint density at radius 2 is 1.96 bits per heavy atom. The van der Waals surface area contributed by atoms with Gasteiger partial charge in [-0.2, -0.15) is 10.5 Å². The molecular formula is C18H21ClN6O3. The summed E-state index contributed by atoms with van der Waals surface area (Å²) >= 11 is 6.16. The number of nitriles is 2. The zero-order valence-corrected chi connectivity index (χ0v) is 16.4. The van der Waals surface area contributed by atoms with Crippen LogP contribution >= 0.6 is 11.6 Å². The number of piperidine rings is 1. The van der Waals surface area contributed by atoms with Crippen LogP contribution in [0.3, 0.4) is 0 Å². The molecule has 1 aromatic rings. The van der Waals surface area contributed by atoms with Crippen LogP contribution in [0.15, 0.2) is 0 Å². The minimum Gasteiger partial charge on any atom is -0.437 e. The Morgan fingerprint density at radius 3 is 2.46 bits per heavy atom. The van der Waals surface area contributed by atoms with E-state index in [0.29, 0.717) is 49.3 Å². The van der Waals surface area contributed by atoms with Crippen LogP contribution < -0.4 is 16.0 Å². The summed E-state index contributed by atoms with van der Waals surface area (Å²) in [7, 11) is 0. The molecule has 1 saturated heterocycles. The number of nitrogens with one attached hydrogen (secondary N) is 1. The molecule has 0 saturated carbocycles. The molecule has 0 aliphatic carbocycles.